The first-order chi connectivity index (χ1) is 13.7. The minimum atomic E-state index is 0.201. The van der Waals surface area contributed by atoms with Gasteiger partial charge in [-0.25, -0.2) is 4.98 Å². The summed E-state index contributed by atoms with van der Waals surface area (Å²) in [6.07, 6.45) is 3.92. The van der Waals surface area contributed by atoms with Gasteiger partial charge in [-0.1, -0.05) is 0 Å². The molecule has 1 aliphatic rings. The Kier molecular flexibility index (Phi) is 5.50. The number of aromatic nitrogens is 4. The van der Waals surface area contributed by atoms with Gasteiger partial charge in [0.25, 0.3) is 0 Å². The van der Waals surface area contributed by atoms with Gasteiger partial charge >= 0.3 is 0 Å². The van der Waals surface area contributed by atoms with Gasteiger partial charge in [-0.15, -0.1) is 0 Å². The maximum absolute atomic E-state index is 6.21. The number of hydrogen-bond donors (Lipinski definition) is 2. The van der Waals surface area contributed by atoms with E-state index in [0.29, 0.717) is 18.4 Å². The molecular formula is C19H23ClN6O2. The van der Waals surface area contributed by atoms with E-state index in [4.69, 9.17) is 21.1 Å². The van der Waals surface area contributed by atoms with Gasteiger partial charge in [-0.3, -0.25) is 0 Å². The Bertz CT molecular complexity index is 970. The van der Waals surface area contributed by atoms with E-state index in [0.717, 1.165) is 54.2 Å². The highest BCUT2D eigenvalue weighted by atomic mass is 35.5. The first-order valence-corrected chi connectivity index (χ1v) is 9.63. The molecule has 148 valence electrons. The molecular weight excluding hydrogens is 380 g/mol. The molecule has 0 aliphatic carbocycles. The quantitative estimate of drug-likeness (QED) is 0.613. The molecule has 28 heavy (non-hydrogen) atoms. The van der Waals surface area contributed by atoms with Crippen LogP contribution in [0.25, 0.3) is 11.2 Å². The number of halogens is 1. The van der Waals surface area contributed by atoms with Crippen molar-refractivity contribution in [1.29, 1.82) is 0 Å². The summed E-state index contributed by atoms with van der Waals surface area (Å²) in [5.74, 6) is 2.10. The predicted molar refractivity (Wildman–Crippen MR) is 108 cm³/mol. The van der Waals surface area contributed by atoms with Crippen LogP contribution in [-0.2, 0) is 6.54 Å². The van der Waals surface area contributed by atoms with Crippen LogP contribution < -0.4 is 20.1 Å². The Hall–Kier alpha value is -2.58. The fraction of sp³-hybridized carbons (Fsp3) is 0.421. The van der Waals surface area contributed by atoms with E-state index in [9.17, 15) is 0 Å². The van der Waals surface area contributed by atoms with Crippen LogP contribution in [0.3, 0.4) is 0 Å². The smallest absolute Gasteiger partial charge is 0.226 e. The number of imidazole rings is 1. The number of piperidine rings is 1. The van der Waals surface area contributed by atoms with Crippen molar-refractivity contribution in [1.82, 2.24) is 24.8 Å². The lowest BCUT2D eigenvalue weighted by molar-refractivity contribution is 0.373. The lowest BCUT2D eigenvalue weighted by atomic mass is 10.1. The third-order valence-corrected chi connectivity index (χ3v) is 5.21. The average molecular weight is 403 g/mol. The summed E-state index contributed by atoms with van der Waals surface area (Å²) in [7, 11) is 3.27. The third kappa shape index (κ3) is 3.70. The number of ether oxygens (including phenoxy) is 2. The van der Waals surface area contributed by atoms with Crippen LogP contribution in [0.5, 0.6) is 11.5 Å². The van der Waals surface area contributed by atoms with E-state index in [2.05, 4.69) is 30.2 Å². The molecule has 2 aromatic heterocycles. The van der Waals surface area contributed by atoms with E-state index in [-0.39, 0.29) is 5.28 Å². The van der Waals surface area contributed by atoms with Gasteiger partial charge in [-0.05, 0) is 49.7 Å². The predicted octanol–water partition coefficient (Wildman–Crippen LogP) is 3.03. The number of anilines is 1. The molecule has 1 fully saturated rings. The summed E-state index contributed by atoms with van der Waals surface area (Å²) in [5.41, 5.74) is 2.45. The zero-order valence-electron chi connectivity index (χ0n) is 15.9. The van der Waals surface area contributed by atoms with Crippen LogP contribution in [0.2, 0.25) is 5.28 Å². The topological polar surface area (TPSA) is 86.1 Å². The van der Waals surface area contributed by atoms with Crippen LogP contribution in [0.15, 0.2) is 24.5 Å². The largest absolute Gasteiger partial charge is 0.497 e. The molecule has 3 aromatic rings. The normalized spacial score (nSPS) is 15.0. The Morgan fingerprint density at radius 1 is 1.21 bits per heavy atom. The summed E-state index contributed by atoms with van der Waals surface area (Å²) in [6.45, 7) is 2.49. The highest BCUT2D eigenvalue weighted by Gasteiger charge is 2.20. The van der Waals surface area contributed by atoms with Crippen molar-refractivity contribution in [2.75, 3.05) is 32.6 Å². The lowest BCUT2D eigenvalue weighted by Gasteiger charge is -2.24. The second kappa shape index (κ2) is 8.20. The molecule has 1 saturated heterocycles. The summed E-state index contributed by atoms with van der Waals surface area (Å²) < 4.78 is 12.8. The van der Waals surface area contributed by atoms with Crippen LogP contribution in [0.4, 0.5) is 5.82 Å². The van der Waals surface area contributed by atoms with E-state index in [1.54, 1.807) is 14.2 Å². The SMILES string of the molecule is COc1ccc(CNc2nc(Cl)nc3c2ncn3C2CCNCC2)c(OC)c1. The monoisotopic (exact) mass is 402 g/mol. The lowest BCUT2D eigenvalue weighted by Crippen LogP contribution is -2.29. The molecule has 1 aromatic carbocycles. The van der Waals surface area contributed by atoms with Crippen molar-refractivity contribution in [3.8, 4) is 11.5 Å². The summed E-state index contributed by atoms with van der Waals surface area (Å²) >= 11 is 6.21. The zero-order chi connectivity index (χ0) is 19.5. The van der Waals surface area contributed by atoms with Gasteiger partial charge < -0.3 is 24.7 Å². The molecule has 8 nitrogen and oxygen atoms in total. The molecule has 4 rings (SSSR count). The van der Waals surface area contributed by atoms with Crippen molar-refractivity contribution in [2.45, 2.75) is 25.4 Å². The zero-order valence-corrected chi connectivity index (χ0v) is 16.7. The number of methoxy groups -OCH3 is 2. The maximum atomic E-state index is 6.21. The third-order valence-electron chi connectivity index (χ3n) is 5.04. The number of benzene rings is 1. The Morgan fingerprint density at radius 2 is 2.04 bits per heavy atom. The van der Waals surface area contributed by atoms with Crippen LogP contribution in [0.1, 0.15) is 24.4 Å². The highest BCUT2D eigenvalue weighted by Crippen LogP contribution is 2.29. The molecule has 0 amide bonds. The number of nitrogens with zero attached hydrogens (tertiary/aromatic N) is 4. The van der Waals surface area contributed by atoms with Crippen molar-refractivity contribution in [3.05, 3.63) is 35.4 Å². The maximum Gasteiger partial charge on any atom is 0.226 e. The fourth-order valence-electron chi connectivity index (χ4n) is 3.54. The van der Waals surface area contributed by atoms with Gasteiger partial charge in [-0.2, -0.15) is 9.97 Å². The van der Waals surface area contributed by atoms with E-state index < -0.39 is 0 Å². The Labute approximate surface area is 168 Å². The molecule has 0 unspecified atom stereocenters. The van der Waals surface area contributed by atoms with E-state index in [1.807, 2.05) is 24.5 Å². The molecule has 0 radical (unpaired) electrons. The first-order valence-electron chi connectivity index (χ1n) is 9.25. The molecule has 0 atom stereocenters. The summed E-state index contributed by atoms with van der Waals surface area (Å²) in [6, 6.07) is 6.07. The standard InChI is InChI=1S/C19H23ClN6O2/c1-27-14-4-3-12(15(9-14)28-2)10-22-17-16-18(25-19(20)24-17)26(11-23-16)13-5-7-21-8-6-13/h3-4,9,11,13,21H,5-8,10H2,1-2H3,(H,22,24,25). The molecule has 9 heteroatoms. The minimum Gasteiger partial charge on any atom is -0.497 e. The first kappa shape index (κ1) is 18.8. The van der Waals surface area contributed by atoms with Crippen LogP contribution in [-0.4, -0.2) is 46.8 Å². The van der Waals surface area contributed by atoms with Crippen molar-refractivity contribution >= 4 is 28.6 Å². The number of hydrogen-bond acceptors (Lipinski definition) is 7. The second-order valence-corrected chi connectivity index (χ2v) is 7.02. The van der Waals surface area contributed by atoms with Crippen molar-refractivity contribution < 1.29 is 9.47 Å². The van der Waals surface area contributed by atoms with Gasteiger partial charge in [0.2, 0.25) is 5.28 Å². The summed E-state index contributed by atoms with van der Waals surface area (Å²) in [5, 5.41) is 6.91. The number of nitrogens with one attached hydrogen (secondary N) is 2. The van der Waals surface area contributed by atoms with Crippen LogP contribution in [0, 0.1) is 0 Å². The Balaban J connectivity index is 1.61. The van der Waals surface area contributed by atoms with Gasteiger partial charge in [0.05, 0.1) is 20.5 Å². The minimum absolute atomic E-state index is 0.201. The van der Waals surface area contributed by atoms with E-state index in [1.165, 1.54) is 0 Å². The second-order valence-electron chi connectivity index (χ2n) is 6.68. The van der Waals surface area contributed by atoms with Gasteiger partial charge in [0, 0.05) is 24.2 Å². The number of rotatable bonds is 6. The van der Waals surface area contributed by atoms with Crippen molar-refractivity contribution in [2.24, 2.45) is 0 Å². The van der Waals surface area contributed by atoms with Crippen LogP contribution >= 0.6 is 11.6 Å². The molecule has 0 saturated carbocycles. The molecule has 3 heterocycles. The van der Waals surface area contributed by atoms with E-state index >= 15 is 0 Å². The summed E-state index contributed by atoms with van der Waals surface area (Å²) in [4.78, 5) is 13.4. The Morgan fingerprint density at radius 3 is 2.79 bits per heavy atom. The molecule has 1 aliphatic heterocycles. The highest BCUT2D eigenvalue weighted by molar-refractivity contribution is 6.28. The van der Waals surface area contributed by atoms with Gasteiger partial charge in [0.15, 0.2) is 17.0 Å². The molecule has 0 spiro atoms. The van der Waals surface area contributed by atoms with Gasteiger partial charge in [0.1, 0.15) is 11.5 Å². The molecule has 0 bridgehead atoms. The average Bonchev–Trinajstić information content (AvgIpc) is 3.16. The number of fused-ring (bicyclic) bond motifs is 1. The molecule has 2 N–H and O–H groups in total. The fourth-order valence-corrected chi connectivity index (χ4v) is 3.71. The van der Waals surface area contributed by atoms with Crippen molar-refractivity contribution in [3.63, 3.8) is 0 Å².